The number of benzene rings is 2. The van der Waals surface area contributed by atoms with Gasteiger partial charge in [-0.05, 0) is 49.2 Å². The summed E-state index contributed by atoms with van der Waals surface area (Å²) in [5.41, 5.74) is -3.53. The van der Waals surface area contributed by atoms with Crippen molar-refractivity contribution in [1.82, 2.24) is 0 Å². The molecule has 0 aromatic heterocycles. The van der Waals surface area contributed by atoms with Crippen LogP contribution in [0, 0.1) is 5.82 Å². The lowest BCUT2D eigenvalue weighted by atomic mass is 10.1. The van der Waals surface area contributed by atoms with Gasteiger partial charge in [-0.2, -0.15) is 26.3 Å². The molecule has 0 N–H and O–H groups in total. The fourth-order valence-electron chi connectivity index (χ4n) is 3.21. The van der Waals surface area contributed by atoms with Gasteiger partial charge in [-0.15, -0.1) is 0 Å². The Bertz CT molecular complexity index is 950. The minimum atomic E-state index is -5.21. The highest BCUT2D eigenvalue weighted by Crippen LogP contribution is 2.46. The number of alkyl halides is 6. The average molecular weight is 450 g/mol. The molecule has 31 heavy (non-hydrogen) atoms. The van der Waals surface area contributed by atoms with Gasteiger partial charge in [-0.1, -0.05) is 0 Å². The van der Waals surface area contributed by atoms with Crippen LogP contribution in [0.15, 0.2) is 36.4 Å². The number of nitrogens with zero attached hydrogens (tertiary/aromatic N) is 2. The van der Waals surface area contributed by atoms with E-state index in [0.29, 0.717) is 18.9 Å². The van der Waals surface area contributed by atoms with Gasteiger partial charge in [0.05, 0.1) is 11.3 Å². The topological polar surface area (TPSA) is 32.8 Å². The minimum absolute atomic E-state index is 0.0694. The summed E-state index contributed by atoms with van der Waals surface area (Å²) < 4.78 is 98.9. The molecule has 1 amide bonds. The summed E-state index contributed by atoms with van der Waals surface area (Å²) in [6.07, 6.45) is -10.4. The fraction of sp³-hybridized carbons (Fsp3) is 0.350. The molecule has 1 fully saturated rings. The molecule has 0 radical (unpaired) electrons. The number of anilines is 2. The summed E-state index contributed by atoms with van der Waals surface area (Å²) in [5.74, 6) is -1.59. The smallest absolute Gasteiger partial charge is 0.407 e. The summed E-state index contributed by atoms with van der Waals surface area (Å²) in [6, 6.07) is 4.97. The second kappa shape index (κ2) is 8.27. The van der Waals surface area contributed by atoms with Crippen LogP contribution < -0.4 is 14.5 Å². The zero-order valence-corrected chi connectivity index (χ0v) is 16.1. The van der Waals surface area contributed by atoms with Crippen molar-refractivity contribution in [3.63, 3.8) is 0 Å². The third-order valence-corrected chi connectivity index (χ3v) is 4.83. The maximum atomic E-state index is 13.7. The highest BCUT2D eigenvalue weighted by Gasteiger charge is 2.42. The standard InChI is InChI=1S/C20H17F7N2O2/c1-28(14-6-4-13(21)5-7-14)18(30)31-17-15(20(25,26)27)10-12(19(22,23)24)11-16(17)29-8-2-3-9-29/h4-7,10-11H,2-3,8-9H2,1H3. The van der Waals surface area contributed by atoms with Crippen LogP contribution >= 0.6 is 0 Å². The number of hydrogen-bond acceptors (Lipinski definition) is 3. The molecule has 2 aromatic rings. The number of carbonyl (C=O) groups excluding carboxylic acids is 1. The number of amides is 1. The van der Waals surface area contributed by atoms with Gasteiger partial charge in [0.1, 0.15) is 11.4 Å². The fourth-order valence-corrected chi connectivity index (χ4v) is 3.21. The predicted molar refractivity (Wildman–Crippen MR) is 98.7 cm³/mol. The predicted octanol–water partition coefficient (Wildman–Crippen LogP) is 6.10. The van der Waals surface area contributed by atoms with E-state index < -0.39 is 46.8 Å². The third-order valence-electron chi connectivity index (χ3n) is 4.83. The second-order valence-corrected chi connectivity index (χ2v) is 6.97. The van der Waals surface area contributed by atoms with Gasteiger partial charge >= 0.3 is 18.4 Å². The summed E-state index contributed by atoms with van der Waals surface area (Å²) >= 11 is 0. The Morgan fingerprint density at radius 1 is 0.968 bits per heavy atom. The normalized spacial score (nSPS) is 14.6. The molecule has 0 saturated carbocycles. The number of halogens is 7. The SMILES string of the molecule is CN(C(=O)Oc1c(N2CCCC2)cc(C(F)(F)F)cc1C(F)(F)F)c1ccc(F)cc1. The summed E-state index contributed by atoms with van der Waals surface area (Å²) in [4.78, 5) is 14.7. The van der Waals surface area contributed by atoms with E-state index in [1.807, 2.05) is 0 Å². The lowest BCUT2D eigenvalue weighted by molar-refractivity contribution is -0.143. The van der Waals surface area contributed by atoms with Crippen LogP contribution in [0.5, 0.6) is 5.75 Å². The van der Waals surface area contributed by atoms with Crippen LogP contribution in [0.3, 0.4) is 0 Å². The molecule has 4 nitrogen and oxygen atoms in total. The molecule has 1 aliphatic rings. The van der Waals surface area contributed by atoms with Gasteiger partial charge in [0.15, 0.2) is 5.75 Å². The van der Waals surface area contributed by atoms with Crippen molar-refractivity contribution >= 4 is 17.5 Å². The molecule has 0 aliphatic carbocycles. The molecular weight excluding hydrogens is 433 g/mol. The van der Waals surface area contributed by atoms with Crippen molar-refractivity contribution in [3.05, 3.63) is 53.3 Å². The first-order valence-electron chi connectivity index (χ1n) is 9.16. The minimum Gasteiger partial charge on any atom is -0.407 e. The van der Waals surface area contributed by atoms with Crippen molar-refractivity contribution in [2.45, 2.75) is 25.2 Å². The van der Waals surface area contributed by atoms with Gasteiger partial charge in [0, 0.05) is 25.8 Å². The molecule has 168 valence electrons. The molecular formula is C20H17F7N2O2. The first-order valence-corrected chi connectivity index (χ1v) is 9.16. The number of carbonyl (C=O) groups is 1. The van der Waals surface area contributed by atoms with E-state index in [-0.39, 0.29) is 24.8 Å². The Labute approximate surface area is 172 Å². The van der Waals surface area contributed by atoms with Crippen LogP contribution in [0.4, 0.5) is 46.9 Å². The Balaban J connectivity index is 2.08. The molecule has 2 aromatic carbocycles. The van der Waals surface area contributed by atoms with E-state index in [1.54, 1.807) is 0 Å². The molecule has 3 rings (SSSR count). The zero-order valence-electron chi connectivity index (χ0n) is 16.1. The van der Waals surface area contributed by atoms with Crippen LogP contribution in [0.1, 0.15) is 24.0 Å². The summed E-state index contributed by atoms with van der Waals surface area (Å²) in [5, 5.41) is 0. The number of rotatable bonds is 3. The number of hydrogen-bond donors (Lipinski definition) is 0. The Morgan fingerprint density at radius 3 is 2.06 bits per heavy atom. The average Bonchev–Trinajstić information content (AvgIpc) is 3.21. The van der Waals surface area contributed by atoms with Crippen LogP contribution in [-0.4, -0.2) is 26.2 Å². The highest BCUT2D eigenvalue weighted by molar-refractivity contribution is 5.89. The maximum Gasteiger partial charge on any atom is 0.420 e. The maximum absolute atomic E-state index is 13.7. The molecule has 11 heteroatoms. The third kappa shape index (κ3) is 5.02. The molecule has 0 bridgehead atoms. The Hall–Kier alpha value is -2.98. The van der Waals surface area contributed by atoms with Crippen molar-refractivity contribution in [2.24, 2.45) is 0 Å². The van der Waals surface area contributed by atoms with E-state index in [0.717, 1.165) is 17.0 Å². The first kappa shape index (κ1) is 22.7. The second-order valence-electron chi connectivity index (χ2n) is 6.97. The van der Waals surface area contributed by atoms with Gasteiger partial charge < -0.3 is 9.64 Å². The van der Waals surface area contributed by atoms with E-state index in [1.165, 1.54) is 24.1 Å². The van der Waals surface area contributed by atoms with E-state index in [2.05, 4.69) is 0 Å². The zero-order chi connectivity index (χ0) is 23.0. The quantitative estimate of drug-likeness (QED) is 0.530. The number of ether oxygens (including phenoxy) is 1. The molecule has 0 atom stereocenters. The largest absolute Gasteiger partial charge is 0.420 e. The molecule has 1 heterocycles. The van der Waals surface area contributed by atoms with E-state index in [4.69, 9.17) is 4.74 Å². The van der Waals surface area contributed by atoms with Crippen LogP contribution in [0.2, 0.25) is 0 Å². The van der Waals surface area contributed by atoms with Gasteiger partial charge in [-0.25, -0.2) is 9.18 Å². The highest BCUT2D eigenvalue weighted by atomic mass is 19.4. The van der Waals surface area contributed by atoms with E-state index >= 15 is 0 Å². The van der Waals surface area contributed by atoms with Crippen LogP contribution in [-0.2, 0) is 12.4 Å². The van der Waals surface area contributed by atoms with Gasteiger partial charge in [-0.3, -0.25) is 4.90 Å². The van der Waals surface area contributed by atoms with Gasteiger partial charge in [0.25, 0.3) is 0 Å². The van der Waals surface area contributed by atoms with Gasteiger partial charge in [0.2, 0.25) is 0 Å². The molecule has 1 saturated heterocycles. The molecule has 0 spiro atoms. The van der Waals surface area contributed by atoms with Crippen molar-refractivity contribution < 1.29 is 40.3 Å². The first-order chi connectivity index (χ1) is 14.4. The van der Waals surface area contributed by atoms with Crippen molar-refractivity contribution in [1.29, 1.82) is 0 Å². The molecule has 0 unspecified atom stereocenters. The lowest BCUT2D eigenvalue weighted by Crippen LogP contribution is -2.31. The van der Waals surface area contributed by atoms with E-state index in [9.17, 15) is 35.5 Å². The summed E-state index contributed by atoms with van der Waals surface area (Å²) in [6.45, 7) is 0.438. The summed E-state index contributed by atoms with van der Waals surface area (Å²) in [7, 11) is 1.18. The Kier molecular flexibility index (Phi) is 6.06. The monoisotopic (exact) mass is 450 g/mol. The molecule has 1 aliphatic heterocycles. The van der Waals surface area contributed by atoms with Crippen LogP contribution in [0.25, 0.3) is 0 Å². The lowest BCUT2D eigenvalue weighted by Gasteiger charge is -2.26. The van der Waals surface area contributed by atoms with Crippen molar-refractivity contribution in [2.75, 3.05) is 29.9 Å². The van der Waals surface area contributed by atoms with Crippen molar-refractivity contribution in [3.8, 4) is 5.75 Å². The Morgan fingerprint density at radius 2 is 1.55 bits per heavy atom.